The summed E-state index contributed by atoms with van der Waals surface area (Å²) in [6.07, 6.45) is 9.11. The van der Waals surface area contributed by atoms with Crippen LogP contribution >= 0.6 is 0 Å². The van der Waals surface area contributed by atoms with Crippen molar-refractivity contribution in [3.8, 4) is 11.3 Å². The van der Waals surface area contributed by atoms with E-state index in [0.29, 0.717) is 0 Å². The van der Waals surface area contributed by atoms with Crippen LogP contribution in [-0.4, -0.2) is 18.3 Å². The van der Waals surface area contributed by atoms with Gasteiger partial charge in [-0.25, -0.2) is 0 Å². The van der Waals surface area contributed by atoms with E-state index in [-0.39, 0.29) is 0 Å². The molecule has 0 aliphatic heterocycles. The molecule has 0 unspecified atom stereocenters. The molecule has 1 fully saturated rings. The van der Waals surface area contributed by atoms with Crippen molar-refractivity contribution >= 4 is 28.4 Å². The summed E-state index contributed by atoms with van der Waals surface area (Å²) in [6.45, 7) is 0. The number of aromatic nitrogens is 1. The van der Waals surface area contributed by atoms with Gasteiger partial charge in [0, 0.05) is 0 Å². The summed E-state index contributed by atoms with van der Waals surface area (Å²) in [5.74, 6) is 8.35. The molecule has 1 aliphatic rings. The molecular formula is C24H29GeN. The number of hydrogen-bond acceptors (Lipinski definition) is 1. The molecular weight excluding hydrogens is 375 g/mol. The van der Waals surface area contributed by atoms with Crippen LogP contribution in [0.25, 0.3) is 22.0 Å². The van der Waals surface area contributed by atoms with E-state index in [1.807, 2.05) is 0 Å². The van der Waals surface area contributed by atoms with E-state index in [4.69, 9.17) is 4.98 Å². The van der Waals surface area contributed by atoms with Crippen LogP contribution in [0.15, 0.2) is 54.7 Å². The molecule has 0 radical (unpaired) electrons. The van der Waals surface area contributed by atoms with Crippen LogP contribution in [0.4, 0.5) is 0 Å². The molecule has 0 bridgehead atoms. The summed E-state index contributed by atoms with van der Waals surface area (Å²) in [6, 6.07) is 17.7. The molecule has 1 aliphatic carbocycles. The second-order valence-corrected chi connectivity index (χ2v) is 19.5. The number of nitrogens with zero attached hydrogens (tertiary/aromatic N) is 1. The van der Waals surface area contributed by atoms with Crippen molar-refractivity contribution in [2.24, 2.45) is 5.92 Å². The minimum absolute atomic E-state index is 0.880. The molecule has 0 spiro atoms. The van der Waals surface area contributed by atoms with Crippen molar-refractivity contribution in [3.63, 3.8) is 0 Å². The van der Waals surface area contributed by atoms with Gasteiger partial charge in [0.05, 0.1) is 0 Å². The molecule has 134 valence electrons. The fourth-order valence-corrected chi connectivity index (χ4v) is 7.71. The van der Waals surface area contributed by atoms with Crippen LogP contribution in [-0.2, 0) is 6.42 Å². The zero-order chi connectivity index (χ0) is 18.1. The van der Waals surface area contributed by atoms with Gasteiger partial charge in [-0.05, 0) is 0 Å². The van der Waals surface area contributed by atoms with Gasteiger partial charge in [0.2, 0.25) is 0 Å². The van der Waals surface area contributed by atoms with Crippen molar-refractivity contribution in [1.29, 1.82) is 0 Å². The van der Waals surface area contributed by atoms with Gasteiger partial charge in [0.25, 0.3) is 0 Å². The molecule has 3 aromatic rings. The molecule has 2 heteroatoms. The van der Waals surface area contributed by atoms with Gasteiger partial charge in [-0.15, -0.1) is 0 Å². The zero-order valence-corrected chi connectivity index (χ0v) is 18.4. The van der Waals surface area contributed by atoms with E-state index in [2.05, 4.69) is 72.0 Å². The average Bonchev–Trinajstić information content (AvgIpc) is 3.13. The van der Waals surface area contributed by atoms with Crippen molar-refractivity contribution < 1.29 is 0 Å². The third-order valence-electron chi connectivity index (χ3n) is 5.83. The average molecular weight is 404 g/mol. The Bertz CT molecular complexity index is 917. The van der Waals surface area contributed by atoms with Crippen molar-refractivity contribution in [2.45, 2.75) is 49.4 Å². The van der Waals surface area contributed by atoms with Gasteiger partial charge in [-0.2, -0.15) is 0 Å². The van der Waals surface area contributed by atoms with E-state index in [0.717, 1.165) is 11.6 Å². The molecule has 0 N–H and O–H groups in total. The van der Waals surface area contributed by atoms with Gasteiger partial charge in [-0.3, -0.25) is 0 Å². The van der Waals surface area contributed by atoms with Crippen LogP contribution in [0.2, 0.25) is 17.3 Å². The molecule has 1 aromatic heterocycles. The number of pyridine rings is 1. The zero-order valence-electron chi connectivity index (χ0n) is 16.3. The fourth-order valence-electron chi connectivity index (χ4n) is 4.37. The maximum absolute atomic E-state index is 4.90. The Labute approximate surface area is 160 Å². The first kappa shape index (κ1) is 17.8. The van der Waals surface area contributed by atoms with Crippen LogP contribution in [0, 0.1) is 5.92 Å². The first-order valence-corrected chi connectivity index (χ1v) is 17.3. The number of benzene rings is 2. The summed E-state index contributed by atoms with van der Waals surface area (Å²) < 4.78 is 1.60. The van der Waals surface area contributed by atoms with Gasteiger partial charge >= 0.3 is 160 Å². The van der Waals surface area contributed by atoms with Crippen molar-refractivity contribution in [3.05, 3.63) is 60.3 Å². The Morgan fingerprint density at radius 3 is 2.38 bits per heavy atom. The monoisotopic (exact) mass is 405 g/mol. The summed E-state index contributed by atoms with van der Waals surface area (Å²) in [5, 5.41) is 2.59. The van der Waals surface area contributed by atoms with Crippen molar-refractivity contribution in [1.82, 2.24) is 4.98 Å². The van der Waals surface area contributed by atoms with E-state index in [1.54, 1.807) is 9.96 Å². The third kappa shape index (κ3) is 3.73. The van der Waals surface area contributed by atoms with E-state index in [9.17, 15) is 0 Å². The van der Waals surface area contributed by atoms with E-state index in [1.165, 1.54) is 48.4 Å². The third-order valence-corrected chi connectivity index (χ3v) is 10.2. The molecule has 26 heavy (non-hydrogen) atoms. The van der Waals surface area contributed by atoms with Crippen LogP contribution in [0.3, 0.4) is 0 Å². The maximum atomic E-state index is 4.90. The Morgan fingerprint density at radius 1 is 0.923 bits per heavy atom. The molecule has 0 saturated heterocycles. The molecule has 0 atom stereocenters. The Hall–Kier alpha value is -1.61. The Kier molecular flexibility index (Phi) is 4.92. The second-order valence-electron chi connectivity index (χ2n) is 8.89. The molecule has 1 heterocycles. The quantitative estimate of drug-likeness (QED) is 0.474. The van der Waals surface area contributed by atoms with Crippen LogP contribution < -0.4 is 4.40 Å². The first-order valence-electron chi connectivity index (χ1n) is 9.99. The molecule has 1 saturated carbocycles. The number of hydrogen-bond donors (Lipinski definition) is 0. The SMILES string of the molecule is [CH3][Ge]([CH3])([CH3])[c]1cnc(-c2ccc3ccccc3c2)cc1CC1CCCC1. The summed E-state index contributed by atoms with van der Waals surface area (Å²) >= 11 is -1.91. The topological polar surface area (TPSA) is 12.9 Å². The van der Waals surface area contributed by atoms with E-state index >= 15 is 0 Å². The first-order chi connectivity index (χ1) is 12.5. The van der Waals surface area contributed by atoms with Crippen LogP contribution in [0.1, 0.15) is 31.2 Å². The second kappa shape index (κ2) is 7.19. The fraction of sp³-hybridized carbons (Fsp3) is 0.375. The van der Waals surface area contributed by atoms with Crippen molar-refractivity contribution in [2.75, 3.05) is 0 Å². The van der Waals surface area contributed by atoms with Gasteiger partial charge < -0.3 is 0 Å². The number of rotatable bonds is 4. The predicted octanol–water partition coefficient (Wildman–Crippen LogP) is 6.18. The standard InChI is InChI=1S/C24H29GeN/c1-25(2,3)23-17-26-24(16-22(23)14-18-8-4-5-9-18)21-13-12-19-10-6-7-11-20(19)15-21/h6-7,10-13,15-18H,4-5,8-9,14H2,1-3H3. The summed E-state index contributed by atoms with van der Waals surface area (Å²) in [5.41, 5.74) is 3.96. The van der Waals surface area contributed by atoms with Gasteiger partial charge in [-0.1, -0.05) is 0 Å². The normalized spacial score (nSPS) is 15.7. The van der Waals surface area contributed by atoms with E-state index < -0.39 is 13.3 Å². The predicted molar refractivity (Wildman–Crippen MR) is 116 cm³/mol. The molecule has 2 aromatic carbocycles. The van der Waals surface area contributed by atoms with Gasteiger partial charge in [0.15, 0.2) is 0 Å². The minimum atomic E-state index is -1.91. The van der Waals surface area contributed by atoms with Gasteiger partial charge in [0.1, 0.15) is 0 Å². The van der Waals surface area contributed by atoms with Crippen LogP contribution in [0.5, 0.6) is 0 Å². The summed E-state index contributed by atoms with van der Waals surface area (Å²) in [7, 11) is 0. The summed E-state index contributed by atoms with van der Waals surface area (Å²) in [4.78, 5) is 4.90. The number of fused-ring (bicyclic) bond motifs is 1. The Balaban J connectivity index is 1.75. The molecule has 1 nitrogen and oxygen atoms in total. The molecule has 0 amide bonds. The Morgan fingerprint density at radius 2 is 1.65 bits per heavy atom. The molecule has 4 rings (SSSR count).